The van der Waals surface area contributed by atoms with Gasteiger partial charge in [0, 0.05) is 12.0 Å². The lowest BCUT2D eigenvalue weighted by atomic mass is 10.00. The molecule has 0 radical (unpaired) electrons. The summed E-state index contributed by atoms with van der Waals surface area (Å²) in [7, 11) is 1.61. The van der Waals surface area contributed by atoms with Crippen molar-refractivity contribution in [2.45, 2.75) is 13.0 Å². The number of fused-ring (bicyclic) bond motifs is 1. The smallest absolute Gasteiger partial charge is 0.275 e. The van der Waals surface area contributed by atoms with E-state index in [2.05, 4.69) is 29.6 Å². The predicted molar refractivity (Wildman–Crippen MR) is 96.0 cm³/mol. The van der Waals surface area contributed by atoms with Gasteiger partial charge in [-0.3, -0.25) is 4.79 Å². The van der Waals surface area contributed by atoms with Crippen LogP contribution in [-0.2, 0) is 17.8 Å². The molecule has 132 valence electrons. The topological polar surface area (TPSA) is 52.0 Å². The van der Waals surface area contributed by atoms with Crippen LogP contribution >= 0.6 is 0 Å². The van der Waals surface area contributed by atoms with Gasteiger partial charge in [-0.2, -0.15) is 0 Å². The van der Waals surface area contributed by atoms with E-state index in [0.717, 1.165) is 19.5 Å². The molecule has 0 aromatic heterocycles. The quantitative estimate of drug-likeness (QED) is 0.734. The highest BCUT2D eigenvalue weighted by Gasteiger charge is 2.21. The van der Waals surface area contributed by atoms with E-state index in [1.54, 1.807) is 7.11 Å². The molecule has 5 nitrogen and oxygen atoms in total. The summed E-state index contributed by atoms with van der Waals surface area (Å²) in [6.07, 6.45) is 1.04. The highest BCUT2D eigenvalue weighted by atomic mass is 16.5. The first-order valence-electron chi connectivity index (χ1n) is 8.69. The summed E-state index contributed by atoms with van der Waals surface area (Å²) in [5, 5.41) is 2.94. The number of amides is 1. The number of methoxy groups -OCH3 is 1. The van der Waals surface area contributed by atoms with Crippen LogP contribution in [0.5, 0.6) is 11.5 Å². The van der Waals surface area contributed by atoms with Crippen molar-refractivity contribution in [2.24, 2.45) is 0 Å². The lowest BCUT2D eigenvalue weighted by Gasteiger charge is -2.25. The minimum Gasteiger partial charge on any atom is -0.493 e. The molecule has 3 rings (SSSR count). The molecule has 1 aliphatic heterocycles. The minimum absolute atomic E-state index is 0.0676. The van der Waals surface area contributed by atoms with E-state index in [-0.39, 0.29) is 5.91 Å². The Labute approximate surface area is 148 Å². The number of benzene rings is 2. The second kappa shape index (κ2) is 8.53. The Morgan fingerprint density at radius 1 is 1.08 bits per heavy atom. The van der Waals surface area contributed by atoms with Crippen molar-refractivity contribution in [2.75, 3.05) is 33.4 Å². The van der Waals surface area contributed by atoms with E-state index in [0.29, 0.717) is 31.2 Å². The Hall–Kier alpha value is -2.53. The van der Waals surface area contributed by atoms with Crippen molar-refractivity contribution in [1.29, 1.82) is 0 Å². The molecule has 1 heterocycles. The maximum absolute atomic E-state index is 12.1. The first-order valence-corrected chi connectivity index (χ1v) is 8.69. The molecule has 2 aromatic carbocycles. The SMILES string of the molecule is COc1ccccc1OCCNC(=O)C[NH+]1CCc2ccccc2C1. The summed E-state index contributed by atoms with van der Waals surface area (Å²) >= 11 is 0. The molecule has 5 heteroatoms. The maximum Gasteiger partial charge on any atom is 0.275 e. The fraction of sp³-hybridized carbons (Fsp3) is 0.350. The average molecular weight is 341 g/mol. The van der Waals surface area contributed by atoms with E-state index in [9.17, 15) is 4.79 Å². The second-order valence-corrected chi connectivity index (χ2v) is 6.22. The zero-order chi connectivity index (χ0) is 17.5. The molecule has 1 aliphatic rings. The van der Waals surface area contributed by atoms with Gasteiger partial charge >= 0.3 is 0 Å². The van der Waals surface area contributed by atoms with Crippen LogP contribution in [0, 0.1) is 0 Å². The molecule has 1 atom stereocenters. The van der Waals surface area contributed by atoms with Crippen LogP contribution in [0.25, 0.3) is 0 Å². The predicted octanol–water partition coefficient (Wildman–Crippen LogP) is 0.831. The first-order chi connectivity index (χ1) is 12.3. The van der Waals surface area contributed by atoms with Gasteiger partial charge in [-0.25, -0.2) is 0 Å². The van der Waals surface area contributed by atoms with Gasteiger partial charge < -0.3 is 19.7 Å². The van der Waals surface area contributed by atoms with Crippen molar-refractivity contribution in [1.82, 2.24) is 5.32 Å². The lowest BCUT2D eigenvalue weighted by molar-refractivity contribution is -0.908. The molecule has 0 saturated carbocycles. The van der Waals surface area contributed by atoms with Crippen LogP contribution in [0.15, 0.2) is 48.5 Å². The molecule has 0 spiro atoms. The van der Waals surface area contributed by atoms with Gasteiger partial charge in [0.25, 0.3) is 5.91 Å². The minimum atomic E-state index is 0.0676. The number of hydrogen-bond donors (Lipinski definition) is 2. The molecule has 0 saturated heterocycles. The van der Waals surface area contributed by atoms with E-state index < -0.39 is 0 Å². The number of ether oxygens (including phenoxy) is 2. The number of para-hydroxylation sites is 2. The molecule has 2 N–H and O–H groups in total. The Balaban J connectivity index is 1.39. The first kappa shape index (κ1) is 17.3. The van der Waals surface area contributed by atoms with Crippen LogP contribution in [0.3, 0.4) is 0 Å². The van der Waals surface area contributed by atoms with Gasteiger partial charge in [-0.05, 0) is 17.7 Å². The zero-order valence-corrected chi connectivity index (χ0v) is 14.6. The normalized spacial score (nSPS) is 16.0. The summed E-state index contributed by atoms with van der Waals surface area (Å²) in [4.78, 5) is 13.5. The summed E-state index contributed by atoms with van der Waals surface area (Å²) in [5.41, 5.74) is 2.77. The number of rotatable bonds is 7. The van der Waals surface area contributed by atoms with Crippen LogP contribution in [0.1, 0.15) is 11.1 Å². The van der Waals surface area contributed by atoms with E-state index in [4.69, 9.17) is 9.47 Å². The van der Waals surface area contributed by atoms with Gasteiger partial charge in [0.15, 0.2) is 18.0 Å². The Bertz CT molecular complexity index is 718. The second-order valence-electron chi connectivity index (χ2n) is 6.22. The Morgan fingerprint density at radius 3 is 2.60 bits per heavy atom. The third kappa shape index (κ3) is 4.73. The molecule has 2 aromatic rings. The standard InChI is InChI=1S/C20H24N2O3/c1-24-18-8-4-5-9-19(18)25-13-11-21-20(23)15-22-12-10-16-6-2-3-7-17(16)14-22/h2-9H,10-15H2,1H3,(H,21,23)/p+1. The Morgan fingerprint density at radius 2 is 1.80 bits per heavy atom. The van der Waals surface area contributed by atoms with Crippen molar-refractivity contribution < 1.29 is 19.2 Å². The molecule has 25 heavy (non-hydrogen) atoms. The largest absolute Gasteiger partial charge is 0.493 e. The molecular weight excluding hydrogens is 316 g/mol. The monoisotopic (exact) mass is 341 g/mol. The van der Waals surface area contributed by atoms with Gasteiger partial charge in [0.2, 0.25) is 0 Å². The van der Waals surface area contributed by atoms with E-state index in [1.165, 1.54) is 16.0 Å². The average Bonchev–Trinajstić information content (AvgIpc) is 2.65. The van der Waals surface area contributed by atoms with Gasteiger partial charge in [0.05, 0.1) is 20.2 Å². The lowest BCUT2D eigenvalue weighted by Crippen LogP contribution is -3.12. The molecule has 0 bridgehead atoms. The summed E-state index contributed by atoms with van der Waals surface area (Å²) in [6, 6.07) is 16.0. The van der Waals surface area contributed by atoms with E-state index >= 15 is 0 Å². The van der Waals surface area contributed by atoms with Crippen LogP contribution < -0.4 is 19.7 Å². The number of quaternary nitrogens is 1. The molecule has 0 aliphatic carbocycles. The van der Waals surface area contributed by atoms with Gasteiger partial charge in [-0.15, -0.1) is 0 Å². The molecule has 1 amide bonds. The summed E-state index contributed by atoms with van der Waals surface area (Å²) in [6.45, 7) is 3.33. The van der Waals surface area contributed by atoms with E-state index in [1.807, 2.05) is 24.3 Å². The summed E-state index contributed by atoms with van der Waals surface area (Å²) in [5.74, 6) is 1.46. The molecule has 1 unspecified atom stereocenters. The zero-order valence-electron chi connectivity index (χ0n) is 14.6. The highest BCUT2D eigenvalue weighted by Crippen LogP contribution is 2.25. The number of hydrogen-bond acceptors (Lipinski definition) is 3. The van der Waals surface area contributed by atoms with Crippen LogP contribution in [0.4, 0.5) is 0 Å². The molecular formula is C20H25N2O3+. The maximum atomic E-state index is 12.1. The van der Waals surface area contributed by atoms with Crippen molar-refractivity contribution in [3.05, 3.63) is 59.7 Å². The number of carbonyl (C=O) groups is 1. The summed E-state index contributed by atoms with van der Waals surface area (Å²) < 4.78 is 10.9. The third-order valence-electron chi connectivity index (χ3n) is 4.47. The van der Waals surface area contributed by atoms with Crippen molar-refractivity contribution in [3.8, 4) is 11.5 Å². The number of carbonyl (C=O) groups excluding carboxylic acids is 1. The molecule has 0 fully saturated rings. The third-order valence-corrected chi connectivity index (χ3v) is 4.47. The highest BCUT2D eigenvalue weighted by molar-refractivity contribution is 5.76. The fourth-order valence-corrected chi connectivity index (χ4v) is 3.17. The fourth-order valence-electron chi connectivity index (χ4n) is 3.17. The Kier molecular flexibility index (Phi) is 5.90. The van der Waals surface area contributed by atoms with Gasteiger partial charge in [-0.1, -0.05) is 36.4 Å². The van der Waals surface area contributed by atoms with Crippen LogP contribution in [-0.4, -0.2) is 39.3 Å². The van der Waals surface area contributed by atoms with Crippen molar-refractivity contribution >= 4 is 5.91 Å². The van der Waals surface area contributed by atoms with Gasteiger partial charge in [0.1, 0.15) is 13.2 Å². The number of nitrogens with one attached hydrogen (secondary N) is 2. The van der Waals surface area contributed by atoms with Crippen LogP contribution in [0.2, 0.25) is 0 Å². The van der Waals surface area contributed by atoms with Crippen molar-refractivity contribution in [3.63, 3.8) is 0 Å².